The van der Waals surface area contributed by atoms with Gasteiger partial charge in [-0.15, -0.1) is 0 Å². The minimum atomic E-state index is -0.821. The molecule has 0 bridgehead atoms. The summed E-state index contributed by atoms with van der Waals surface area (Å²) < 4.78 is 0. The number of H-pyrrole nitrogens is 1. The van der Waals surface area contributed by atoms with Crippen molar-refractivity contribution in [3.8, 4) is 0 Å². The predicted molar refractivity (Wildman–Crippen MR) is 78.0 cm³/mol. The van der Waals surface area contributed by atoms with E-state index in [1.165, 1.54) is 0 Å². The van der Waals surface area contributed by atoms with Crippen LogP contribution in [0.1, 0.15) is 61.6 Å². The Balaban J connectivity index is 2.05. The van der Waals surface area contributed by atoms with Gasteiger partial charge in [0.15, 0.2) is 0 Å². The molecule has 0 aromatic carbocycles. The number of aryl methyl sites for hydroxylation is 1. The molecule has 2 atom stereocenters. The van der Waals surface area contributed by atoms with E-state index >= 15 is 0 Å². The average molecular weight is 293 g/mol. The van der Waals surface area contributed by atoms with Gasteiger partial charge in [-0.25, -0.2) is 0 Å². The topological polar surface area (TPSA) is 95.1 Å². The van der Waals surface area contributed by atoms with Gasteiger partial charge >= 0.3 is 5.97 Å². The third kappa shape index (κ3) is 4.06. The van der Waals surface area contributed by atoms with E-state index in [-0.39, 0.29) is 11.9 Å². The van der Waals surface area contributed by atoms with Crippen molar-refractivity contribution in [1.29, 1.82) is 0 Å². The molecule has 1 saturated carbocycles. The number of nitrogens with zero attached hydrogens (tertiary/aromatic N) is 1. The van der Waals surface area contributed by atoms with E-state index in [0.29, 0.717) is 18.5 Å². The number of hydrogen-bond donors (Lipinski definition) is 3. The third-order valence-electron chi connectivity index (χ3n) is 4.14. The zero-order valence-electron chi connectivity index (χ0n) is 12.4. The third-order valence-corrected chi connectivity index (χ3v) is 4.14. The summed E-state index contributed by atoms with van der Waals surface area (Å²) in [5.41, 5.74) is 1.23. The van der Waals surface area contributed by atoms with Crippen molar-refractivity contribution in [3.63, 3.8) is 0 Å². The van der Waals surface area contributed by atoms with E-state index in [9.17, 15) is 14.7 Å². The molecule has 1 aromatic heterocycles. The van der Waals surface area contributed by atoms with Crippen LogP contribution < -0.4 is 5.32 Å². The molecular weight excluding hydrogens is 270 g/mol. The lowest BCUT2D eigenvalue weighted by molar-refractivity contribution is -0.143. The Kier molecular flexibility index (Phi) is 5.36. The summed E-state index contributed by atoms with van der Waals surface area (Å²) in [7, 11) is 0. The van der Waals surface area contributed by atoms with Crippen LogP contribution in [-0.4, -0.2) is 33.2 Å². The van der Waals surface area contributed by atoms with Gasteiger partial charge in [-0.2, -0.15) is 5.10 Å². The first-order valence-corrected chi connectivity index (χ1v) is 7.69. The van der Waals surface area contributed by atoms with Gasteiger partial charge in [0.25, 0.3) is 5.91 Å². The standard InChI is InChI=1S/C15H23N3O3/c1-2-10-9-13(18-17-10)14(19)16-12-8-6-4-3-5-7-11(12)15(20)21/h9,11-12H,2-8H2,1H3,(H,16,19)(H,17,18)(H,20,21). The van der Waals surface area contributed by atoms with Crippen molar-refractivity contribution in [2.75, 3.05) is 0 Å². The highest BCUT2D eigenvalue weighted by atomic mass is 16.4. The first-order valence-electron chi connectivity index (χ1n) is 7.69. The van der Waals surface area contributed by atoms with Crippen molar-refractivity contribution in [2.24, 2.45) is 5.92 Å². The van der Waals surface area contributed by atoms with Gasteiger partial charge in [-0.3, -0.25) is 14.7 Å². The lowest BCUT2D eigenvalue weighted by atomic mass is 9.86. The minimum Gasteiger partial charge on any atom is -0.481 e. The van der Waals surface area contributed by atoms with Gasteiger partial charge in [0, 0.05) is 11.7 Å². The number of aromatic nitrogens is 2. The number of carboxylic acids is 1. The maximum Gasteiger partial charge on any atom is 0.308 e. The summed E-state index contributed by atoms with van der Waals surface area (Å²) in [5.74, 6) is -1.61. The number of nitrogens with one attached hydrogen (secondary N) is 2. The number of hydrogen-bond acceptors (Lipinski definition) is 3. The van der Waals surface area contributed by atoms with Crippen LogP contribution in [0.3, 0.4) is 0 Å². The van der Waals surface area contributed by atoms with Crippen molar-refractivity contribution in [2.45, 2.75) is 57.9 Å². The fourth-order valence-electron chi connectivity index (χ4n) is 2.85. The van der Waals surface area contributed by atoms with E-state index < -0.39 is 11.9 Å². The summed E-state index contributed by atoms with van der Waals surface area (Å²) >= 11 is 0. The van der Waals surface area contributed by atoms with Crippen molar-refractivity contribution in [1.82, 2.24) is 15.5 Å². The van der Waals surface area contributed by atoms with Crippen LogP contribution in [-0.2, 0) is 11.2 Å². The second kappa shape index (κ2) is 7.24. The highest BCUT2D eigenvalue weighted by Gasteiger charge is 2.30. The molecule has 1 aromatic rings. The summed E-state index contributed by atoms with van der Waals surface area (Å²) in [6.07, 6.45) is 6.16. The zero-order valence-corrected chi connectivity index (χ0v) is 12.4. The van der Waals surface area contributed by atoms with E-state index in [2.05, 4.69) is 15.5 Å². The fourth-order valence-corrected chi connectivity index (χ4v) is 2.85. The molecule has 116 valence electrons. The predicted octanol–water partition coefficient (Wildman–Crippen LogP) is 2.13. The molecule has 6 nitrogen and oxygen atoms in total. The number of aliphatic carboxylic acids is 1. The van der Waals surface area contributed by atoms with E-state index in [1.54, 1.807) is 6.07 Å². The monoisotopic (exact) mass is 293 g/mol. The summed E-state index contributed by atoms with van der Waals surface area (Å²) in [5, 5.41) is 19.0. The molecule has 0 saturated heterocycles. The van der Waals surface area contributed by atoms with Crippen molar-refractivity contribution < 1.29 is 14.7 Å². The molecule has 6 heteroatoms. The number of aromatic amines is 1. The van der Waals surface area contributed by atoms with Crippen LogP contribution >= 0.6 is 0 Å². The van der Waals surface area contributed by atoms with Crippen LogP contribution in [0.25, 0.3) is 0 Å². The molecular formula is C15H23N3O3. The second-order valence-corrected chi connectivity index (χ2v) is 5.65. The molecule has 3 N–H and O–H groups in total. The first kappa shape index (κ1) is 15.5. The summed E-state index contributed by atoms with van der Waals surface area (Å²) in [6, 6.07) is 1.41. The van der Waals surface area contributed by atoms with E-state index in [1.807, 2.05) is 6.92 Å². The van der Waals surface area contributed by atoms with Gasteiger partial charge in [-0.05, 0) is 25.3 Å². The molecule has 1 fully saturated rings. The van der Waals surface area contributed by atoms with Crippen molar-refractivity contribution in [3.05, 3.63) is 17.5 Å². The molecule has 0 aliphatic heterocycles. The lowest BCUT2D eigenvalue weighted by Gasteiger charge is -2.26. The Hall–Kier alpha value is -1.85. The number of carboxylic acid groups (broad SMARTS) is 1. The largest absolute Gasteiger partial charge is 0.481 e. The van der Waals surface area contributed by atoms with Gasteiger partial charge in [0.2, 0.25) is 0 Å². The molecule has 2 unspecified atom stereocenters. The van der Waals surface area contributed by atoms with Gasteiger partial charge in [-0.1, -0.05) is 32.6 Å². The van der Waals surface area contributed by atoms with Gasteiger partial charge < -0.3 is 10.4 Å². The summed E-state index contributed by atoms with van der Waals surface area (Å²) in [4.78, 5) is 23.6. The molecule has 0 radical (unpaired) electrons. The maximum atomic E-state index is 12.2. The number of rotatable bonds is 4. The SMILES string of the molecule is CCc1cc(C(=O)NC2CCCCCCC2C(=O)O)n[nH]1. The lowest BCUT2D eigenvalue weighted by Crippen LogP contribution is -2.44. The van der Waals surface area contributed by atoms with E-state index in [4.69, 9.17) is 0 Å². The van der Waals surface area contributed by atoms with Gasteiger partial charge in [0.05, 0.1) is 5.92 Å². The van der Waals surface area contributed by atoms with Crippen LogP contribution in [0.5, 0.6) is 0 Å². The highest BCUT2D eigenvalue weighted by molar-refractivity contribution is 5.92. The van der Waals surface area contributed by atoms with Crippen LogP contribution in [0.15, 0.2) is 6.07 Å². The molecule has 1 aliphatic rings. The fraction of sp³-hybridized carbons (Fsp3) is 0.667. The zero-order chi connectivity index (χ0) is 15.2. The van der Waals surface area contributed by atoms with E-state index in [0.717, 1.165) is 37.8 Å². The molecule has 1 aliphatic carbocycles. The quantitative estimate of drug-likeness (QED) is 0.792. The average Bonchev–Trinajstić information content (AvgIpc) is 2.90. The molecule has 1 amide bonds. The highest BCUT2D eigenvalue weighted by Crippen LogP contribution is 2.23. The Morgan fingerprint density at radius 3 is 2.67 bits per heavy atom. The number of amides is 1. The minimum absolute atomic E-state index is 0.289. The molecule has 0 spiro atoms. The number of carbonyl (C=O) groups excluding carboxylic acids is 1. The Bertz CT molecular complexity index is 498. The first-order chi connectivity index (χ1) is 10.1. The Morgan fingerprint density at radius 1 is 1.33 bits per heavy atom. The van der Waals surface area contributed by atoms with Crippen LogP contribution in [0.2, 0.25) is 0 Å². The molecule has 2 rings (SSSR count). The number of carbonyl (C=O) groups is 2. The van der Waals surface area contributed by atoms with Crippen LogP contribution in [0, 0.1) is 5.92 Å². The molecule has 21 heavy (non-hydrogen) atoms. The molecule has 1 heterocycles. The summed E-state index contributed by atoms with van der Waals surface area (Å²) in [6.45, 7) is 1.98. The second-order valence-electron chi connectivity index (χ2n) is 5.65. The Labute approximate surface area is 124 Å². The smallest absolute Gasteiger partial charge is 0.308 e. The maximum absolute atomic E-state index is 12.2. The van der Waals surface area contributed by atoms with Gasteiger partial charge in [0.1, 0.15) is 5.69 Å². The van der Waals surface area contributed by atoms with Crippen LogP contribution in [0.4, 0.5) is 0 Å². The Morgan fingerprint density at radius 2 is 2.05 bits per heavy atom. The normalized spacial score (nSPS) is 23.1. The van der Waals surface area contributed by atoms with Crippen molar-refractivity contribution >= 4 is 11.9 Å².